The molecule has 0 amide bonds. The van der Waals surface area contributed by atoms with E-state index in [0.717, 1.165) is 0 Å². The van der Waals surface area contributed by atoms with Gasteiger partial charge in [0, 0.05) is 6.04 Å². The molecule has 0 aromatic carbocycles. The fourth-order valence-electron chi connectivity index (χ4n) is 3.60. The summed E-state index contributed by atoms with van der Waals surface area (Å²) in [6.07, 6.45) is -0.170. The molecule has 0 radical (unpaired) electrons. The zero-order valence-corrected chi connectivity index (χ0v) is 10.8. The molecule has 0 aromatic rings. The highest BCUT2D eigenvalue weighted by Crippen LogP contribution is 2.43. The van der Waals surface area contributed by atoms with Crippen LogP contribution in [-0.2, 0) is 19.2 Å². The maximum Gasteiger partial charge on any atom is 0.309 e. The maximum absolute atomic E-state index is 11.4. The van der Waals surface area contributed by atoms with Crippen molar-refractivity contribution in [3.8, 4) is 0 Å². The van der Waals surface area contributed by atoms with Gasteiger partial charge in [0.05, 0.1) is 23.7 Å². The number of hydrogen-bond acceptors (Lipinski definition) is 5. The third kappa shape index (κ3) is 2.44. The van der Waals surface area contributed by atoms with Crippen LogP contribution in [0.3, 0.4) is 0 Å². The second kappa shape index (κ2) is 5.32. The van der Waals surface area contributed by atoms with Gasteiger partial charge in [0.1, 0.15) is 0 Å². The molecule has 5 N–H and O–H groups in total. The van der Waals surface area contributed by atoms with Gasteiger partial charge in [-0.15, -0.1) is 0 Å². The Balaban J connectivity index is 2.53. The van der Waals surface area contributed by atoms with Crippen LogP contribution in [0.25, 0.3) is 0 Å². The monoisotopic (exact) mass is 301 g/mol. The molecule has 1 saturated carbocycles. The molecule has 2 saturated heterocycles. The molecule has 0 spiro atoms. The van der Waals surface area contributed by atoms with Gasteiger partial charge in [-0.25, -0.2) is 0 Å². The molecule has 1 aliphatic carbocycles. The second-order valence-corrected chi connectivity index (χ2v) is 5.47. The first-order valence-corrected chi connectivity index (χ1v) is 6.40. The number of fused-ring (bicyclic) bond motifs is 4. The van der Waals surface area contributed by atoms with Crippen molar-refractivity contribution in [1.29, 1.82) is 0 Å². The highest BCUT2D eigenvalue weighted by molar-refractivity contribution is 5.86. The van der Waals surface area contributed by atoms with E-state index in [1.165, 1.54) is 0 Å². The molecule has 21 heavy (non-hydrogen) atoms. The van der Waals surface area contributed by atoms with E-state index in [0.29, 0.717) is 0 Å². The van der Waals surface area contributed by atoms with Gasteiger partial charge in [-0.05, 0) is 18.9 Å². The number of rotatable bonds is 4. The van der Waals surface area contributed by atoms with E-state index in [2.05, 4.69) is 5.32 Å². The van der Waals surface area contributed by atoms with Crippen molar-refractivity contribution in [2.75, 3.05) is 6.54 Å². The van der Waals surface area contributed by atoms with Crippen LogP contribution in [0.1, 0.15) is 6.42 Å². The second-order valence-electron chi connectivity index (χ2n) is 5.47. The largest absolute Gasteiger partial charge is 0.481 e. The lowest BCUT2D eigenvalue weighted by molar-refractivity contribution is -0.162. The SMILES string of the molecule is O=C(O)C1CC2CNC(C1C(=O)O)C(C(=O)O)C2C(=O)O. The van der Waals surface area contributed by atoms with Crippen molar-refractivity contribution in [3.63, 3.8) is 0 Å². The third-order valence-corrected chi connectivity index (χ3v) is 4.45. The first kappa shape index (κ1) is 15.2. The lowest BCUT2D eigenvalue weighted by atomic mass is 9.74. The quantitative estimate of drug-likeness (QED) is 0.428. The van der Waals surface area contributed by atoms with E-state index in [4.69, 9.17) is 0 Å². The molecule has 3 aliphatic rings. The zero-order valence-electron chi connectivity index (χ0n) is 10.8. The van der Waals surface area contributed by atoms with Crippen LogP contribution >= 0.6 is 0 Å². The first-order chi connectivity index (χ1) is 9.75. The van der Waals surface area contributed by atoms with Gasteiger partial charge in [0.2, 0.25) is 0 Å². The van der Waals surface area contributed by atoms with E-state index >= 15 is 0 Å². The summed E-state index contributed by atoms with van der Waals surface area (Å²) >= 11 is 0. The van der Waals surface area contributed by atoms with Crippen molar-refractivity contribution in [2.45, 2.75) is 12.5 Å². The van der Waals surface area contributed by atoms with Gasteiger partial charge in [-0.1, -0.05) is 0 Å². The van der Waals surface area contributed by atoms with Gasteiger partial charge in [-0.3, -0.25) is 19.2 Å². The Morgan fingerprint density at radius 3 is 1.71 bits per heavy atom. The summed E-state index contributed by atoms with van der Waals surface area (Å²) in [5, 5.41) is 39.8. The summed E-state index contributed by atoms with van der Waals surface area (Å²) in [7, 11) is 0. The Morgan fingerprint density at radius 2 is 1.29 bits per heavy atom. The highest BCUT2D eigenvalue weighted by Gasteiger charge is 2.58. The average Bonchev–Trinajstić information content (AvgIpc) is 2.64. The molecule has 2 bridgehead atoms. The number of carboxylic acid groups (broad SMARTS) is 4. The van der Waals surface area contributed by atoms with E-state index in [1.807, 2.05) is 0 Å². The van der Waals surface area contributed by atoms with E-state index in [-0.39, 0.29) is 13.0 Å². The maximum atomic E-state index is 11.4. The Kier molecular flexibility index (Phi) is 3.86. The standard InChI is InChI=1S/C12H15NO8/c14-9(15)4-1-3-2-13-8(6(4)11(18)19)7(12(20)21)5(3)10(16)17/h3-8,13H,1-2H2,(H,14,15)(H,16,17)(H,18,19)(H,20,21). The van der Waals surface area contributed by atoms with Crippen LogP contribution in [-0.4, -0.2) is 56.9 Å². The summed E-state index contributed by atoms with van der Waals surface area (Å²) < 4.78 is 0. The summed E-state index contributed by atoms with van der Waals surface area (Å²) in [4.78, 5) is 45.5. The summed E-state index contributed by atoms with van der Waals surface area (Å²) in [6, 6.07) is -1.22. The Hall–Kier alpha value is -2.16. The molecule has 9 nitrogen and oxygen atoms in total. The molecule has 0 aromatic heterocycles. The zero-order chi connectivity index (χ0) is 15.9. The van der Waals surface area contributed by atoms with Gasteiger partial charge in [0.25, 0.3) is 0 Å². The van der Waals surface area contributed by atoms with Crippen molar-refractivity contribution >= 4 is 23.9 Å². The van der Waals surface area contributed by atoms with Crippen LogP contribution in [0.4, 0.5) is 0 Å². The number of piperidine rings is 1. The molecule has 6 atom stereocenters. The molecule has 2 aliphatic heterocycles. The predicted octanol–water partition coefficient (Wildman–Crippen LogP) is -1.22. The minimum absolute atomic E-state index is 0.0962. The molecular formula is C12H15NO8. The van der Waals surface area contributed by atoms with Gasteiger partial charge in [-0.2, -0.15) is 0 Å². The molecule has 9 heteroatoms. The van der Waals surface area contributed by atoms with Crippen LogP contribution < -0.4 is 5.32 Å². The van der Waals surface area contributed by atoms with Crippen molar-refractivity contribution < 1.29 is 39.6 Å². The predicted molar refractivity (Wildman–Crippen MR) is 64.4 cm³/mol. The number of hydrogen-bond donors (Lipinski definition) is 5. The molecule has 116 valence electrons. The van der Waals surface area contributed by atoms with Gasteiger partial charge < -0.3 is 25.7 Å². The Morgan fingerprint density at radius 1 is 0.762 bits per heavy atom. The summed E-state index contributed by atoms with van der Waals surface area (Å²) in [5.41, 5.74) is 0. The topological polar surface area (TPSA) is 161 Å². The van der Waals surface area contributed by atoms with Crippen LogP contribution in [0.5, 0.6) is 0 Å². The fraction of sp³-hybridized carbons (Fsp3) is 0.667. The van der Waals surface area contributed by atoms with Crippen molar-refractivity contribution in [2.24, 2.45) is 29.6 Å². The molecular weight excluding hydrogens is 286 g/mol. The number of nitrogens with one attached hydrogen (secondary N) is 1. The van der Waals surface area contributed by atoms with Crippen molar-refractivity contribution in [3.05, 3.63) is 0 Å². The van der Waals surface area contributed by atoms with E-state index in [1.54, 1.807) is 0 Å². The smallest absolute Gasteiger partial charge is 0.309 e. The minimum atomic E-state index is -1.47. The molecule has 3 rings (SSSR count). The van der Waals surface area contributed by atoms with Crippen molar-refractivity contribution in [1.82, 2.24) is 5.32 Å². The molecule has 6 unspecified atom stereocenters. The minimum Gasteiger partial charge on any atom is -0.481 e. The van der Waals surface area contributed by atoms with Crippen LogP contribution in [0.15, 0.2) is 0 Å². The Bertz CT molecular complexity index is 487. The lowest BCUT2D eigenvalue weighted by Crippen LogP contribution is -2.57. The highest BCUT2D eigenvalue weighted by atomic mass is 16.4. The summed E-state index contributed by atoms with van der Waals surface area (Å²) in [5.74, 6) is -11.8. The van der Waals surface area contributed by atoms with E-state index in [9.17, 15) is 39.6 Å². The number of aliphatic carboxylic acids is 4. The fourth-order valence-corrected chi connectivity index (χ4v) is 3.60. The van der Waals surface area contributed by atoms with E-state index < -0.39 is 59.5 Å². The van der Waals surface area contributed by atoms with Crippen LogP contribution in [0, 0.1) is 29.6 Å². The summed E-state index contributed by atoms with van der Waals surface area (Å²) in [6.45, 7) is 0.0962. The van der Waals surface area contributed by atoms with Gasteiger partial charge >= 0.3 is 23.9 Å². The molecule has 3 fully saturated rings. The number of carbonyl (C=O) groups is 4. The first-order valence-electron chi connectivity index (χ1n) is 6.40. The number of carboxylic acids is 4. The molecule has 2 heterocycles. The van der Waals surface area contributed by atoms with Gasteiger partial charge in [0.15, 0.2) is 0 Å². The lowest BCUT2D eigenvalue weighted by Gasteiger charge is -2.37. The third-order valence-electron chi connectivity index (χ3n) is 4.45. The average molecular weight is 301 g/mol. The van der Waals surface area contributed by atoms with Crippen LogP contribution in [0.2, 0.25) is 0 Å². The Labute approximate surface area is 118 Å². The normalized spacial score (nSPS) is 38.5.